The number of nitrogens with two attached hydrogens (primary N) is 1. The second-order valence-corrected chi connectivity index (χ2v) is 5.43. The number of ether oxygens (including phenoxy) is 1. The van der Waals surface area contributed by atoms with Crippen molar-refractivity contribution in [2.75, 3.05) is 18.5 Å². The molecule has 116 valence electrons. The molecule has 0 aliphatic rings. The number of hydrogen-bond acceptors (Lipinski definition) is 2. The van der Waals surface area contributed by atoms with Gasteiger partial charge in [-0.3, -0.25) is 0 Å². The first-order valence-corrected chi connectivity index (χ1v) is 7.37. The van der Waals surface area contributed by atoms with E-state index in [1.54, 1.807) is 0 Å². The van der Waals surface area contributed by atoms with Gasteiger partial charge in [0.15, 0.2) is 5.96 Å². The molecule has 0 amide bonds. The molecule has 0 heterocycles. The summed E-state index contributed by atoms with van der Waals surface area (Å²) in [6.45, 7) is 7.16. The number of nitrogens with one attached hydrogen (secondary N) is 1. The molecule has 0 radical (unpaired) electrons. The van der Waals surface area contributed by atoms with Gasteiger partial charge in [-0.15, -0.1) is 0 Å². The Morgan fingerprint density at radius 2 is 1.77 bits per heavy atom. The van der Waals surface area contributed by atoms with Gasteiger partial charge in [0.25, 0.3) is 0 Å². The summed E-state index contributed by atoms with van der Waals surface area (Å²) < 4.78 is 5.64. The van der Waals surface area contributed by atoms with Crippen LogP contribution in [0.2, 0.25) is 0 Å². The molecule has 4 heteroatoms. The van der Waals surface area contributed by atoms with Crippen molar-refractivity contribution in [2.24, 2.45) is 10.7 Å². The zero-order valence-corrected chi connectivity index (χ0v) is 13.4. The standard InChI is InChI=1S/C18H23N3O/c1-13-5-4-6-17(12-13)22-8-7-20-18(19)21-16-10-14(2)9-15(3)11-16/h4-6,9-12H,7-8H2,1-3H3,(H3,19,20,21). The Kier molecular flexibility index (Phi) is 5.42. The van der Waals surface area contributed by atoms with Gasteiger partial charge in [-0.05, 0) is 61.7 Å². The molecule has 2 rings (SSSR count). The predicted molar refractivity (Wildman–Crippen MR) is 92.7 cm³/mol. The van der Waals surface area contributed by atoms with Crippen molar-refractivity contribution in [2.45, 2.75) is 20.8 Å². The Bertz CT molecular complexity index is 645. The maximum absolute atomic E-state index is 5.89. The molecular formula is C18H23N3O. The van der Waals surface area contributed by atoms with Gasteiger partial charge < -0.3 is 15.8 Å². The molecule has 22 heavy (non-hydrogen) atoms. The Labute approximate surface area is 132 Å². The summed E-state index contributed by atoms with van der Waals surface area (Å²) >= 11 is 0. The van der Waals surface area contributed by atoms with Crippen molar-refractivity contribution in [1.29, 1.82) is 0 Å². The third-order valence-electron chi connectivity index (χ3n) is 3.13. The molecule has 0 atom stereocenters. The molecule has 0 aliphatic heterocycles. The van der Waals surface area contributed by atoms with E-state index in [0.29, 0.717) is 19.1 Å². The van der Waals surface area contributed by atoms with Gasteiger partial charge in [0.1, 0.15) is 12.4 Å². The van der Waals surface area contributed by atoms with Crippen LogP contribution in [0, 0.1) is 20.8 Å². The zero-order chi connectivity index (χ0) is 15.9. The number of guanidine groups is 1. The third kappa shape index (κ3) is 5.13. The van der Waals surface area contributed by atoms with Gasteiger partial charge in [0.05, 0.1) is 6.54 Å². The molecule has 0 fully saturated rings. The highest BCUT2D eigenvalue weighted by Gasteiger charge is 1.98. The summed E-state index contributed by atoms with van der Waals surface area (Å²) in [6.07, 6.45) is 0. The van der Waals surface area contributed by atoms with Gasteiger partial charge >= 0.3 is 0 Å². The van der Waals surface area contributed by atoms with E-state index in [1.165, 1.54) is 16.7 Å². The second kappa shape index (κ2) is 7.50. The maximum Gasteiger partial charge on any atom is 0.193 e. The summed E-state index contributed by atoms with van der Waals surface area (Å²) in [5.74, 6) is 1.26. The molecule has 0 spiro atoms. The van der Waals surface area contributed by atoms with E-state index < -0.39 is 0 Å². The van der Waals surface area contributed by atoms with Crippen LogP contribution in [0.3, 0.4) is 0 Å². The van der Waals surface area contributed by atoms with Crippen LogP contribution in [0.4, 0.5) is 5.69 Å². The first-order valence-electron chi connectivity index (χ1n) is 7.37. The van der Waals surface area contributed by atoms with Gasteiger partial charge in [0.2, 0.25) is 0 Å². The first-order chi connectivity index (χ1) is 10.5. The number of rotatable bonds is 5. The number of aryl methyl sites for hydroxylation is 3. The molecule has 4 nitrogen and oxygen atoms in total. The monoisotopic (exact) mass is 297 g/mol. The largest absolute Gasteiger partial charge is 0.492 e. The van der Waals surface area contributed by atoms with Crippen molar-refractivity contribution in [3.8, 4) is 5.75 Å². The topological polar surface area (TPSA) is 59.6 Å². The lowest BCUT2D eigenvalue weighted by Gasteiger charge is -2.08. The quantitative estimate of drug-likeness (QED) is 0.505. The summed E-state index contributed by atoms with van der Waals surface area (Å²) in [7, 11) is 0. The highest BCUT2D eigenvalue weighted by atomic mass is 16.5. The molecular weight excluding hydrogens is 274 g/mol. The number of nitrogens with zero attached hydrogens (tertiary/aromatic N) is 1. The van der Waals surface area contributed by atoms with Crippen LogP contribution in [0.1, 0.15) is 16.7 Å². The van der Waals surface area contributed by atoms with Gasteiger partial charge in [0, 0.05) is 5.69 Å². The van der Waals surface area contributed by atoms with Crippen LogP contribution in [0.15, 0.2) is 47.5 Å². The van der Waals surface area contributed by atoms with Crippen LogP contribution >= 0.6 is 0 Å². The van der Waals surface area contributed by atoms with Crippen molar-refractivity contribution in [3.05, 3.63) is 59.2 Å². The van der Waals surface area contributed by atoms with E-state index in [-0.39, 0.29) is 0 Å². The summed E-state index contributed by atoms with van der Waals surface area (Å²) in [5, 5.41) is 3.10. The molecule has 0 saturated carbocycles. The molecule has 3 N–H and O–H groups in total. The zero-order valence-electron chi connectivity index (χ0n) is 13.4. The van der Waals surface area contributed by atoms with Crippen molar-refractivity contribution in [1.82, 2.24) is 0 Å². The van der Waals surface area contributed by atoms with Crippen LogP contribution in [0.5, 0.6) is 5.75 Å². The summed E-state index contributed by atoms with van der Waals surface area (Å²) in [4.78, 5) is 4.27. The van der Waals surface area contributed by atoms with E-state index >= 15 is 0 Å². The fourth-order valence-corrected chi connectivity index (χ4v) is 2.27. The Hall–Kier alpha value is -2.49. The highest BCUT2D eigenvalue weighted by Crippen LogP contribution is 2.13. The van der Waals surface area contributed by atoms with Crippen molar-refractivity contribution in [3.63, 3.8) is 0 Å². The van der Waals surface area contributed by atoms with Crippen molar-refractivity contribution < 1.29 is 4.74 Å². The number of anilines is 1. The average molecular weight is 297 g/mol. The van der Waals surface area contributed by atoms with E-state index in [2.05, 4.69) is 30.2 Å². The average Bonchev–Trinajstić information content (AvgIpc) is 2.42. The van der Waals surface area contributed by atoms with Gasteiger partial charge in [-0.1, -0.05) is 18.2 Å². The predicted octanol–water partition coefficient (Wildman–Crippen LogP) is 3.42. The minimum atomic E-state index is 0.401. The molecule has 0 bridgehead atoms. The molecule has 2 aromatic carbocycles. The lowest BCUT2D eigenvalue weighted by atomic mass is 10.1. The fourth-order valence-electron chi connectivity index (χ4n) is 2.27. The van der Waals surface area contributed by atoms with Crippen LogP contribution in [-0.4, -0.2) is 19.1 Å². The fraction of sp³-hybridized carbons (Fsp3) is 0.278. The van der Waals surface area contributed by atoms with Crippen LogP contribution in [-0.2, 0) is 0 Å². The summed E-state index contributed by atoms with van der Waals surface area (Å²) in [6, 6.07) is 14.2. The number of hydrogen-bond donors (Lipinski definition) is 2. The molecule has 0 saturated heterocycles. The van der Waals surface area contributed by atoms with Gasteiger partial charge in [-0.2, -0.15) is 0 Å². The number of benzene rings is 2. The molecule has 0 aliphatic carbocycles. The minimum Gasteiger partial charge on any atom is -0.492 e. The normalized spacial score (nSPS) is 11.3. The molecule has 0 unspecified atom stereocenters. The second-order valence-electron chi connectivity index (χ2n) is 5.43. The first kappa shape index (κ1) is 15.9. The van der Waals surface area contributed by atoms with Crippen LogP contribution < -0.4 is 15.8 Å². The van der Waals surface area contributed by atoms with E-state index in [0.717, 1.165) is 11.4 Å². The van der Waals surface area contributed by atoms with Gasteiger partial charge in [-0.25, -0.2) is 4.99 Å². The minimum absolute atomic E-state index is 0.401. The SMILES string of the molecule is Cc1cc(C)cc(NC(N)=NCCOc2cccc(C)c2)c1. The molecule has 2 aromatic rings. The third-order valence-corrected chi connectivity index (χ3v) is 3.13. The lowest BCUT2D eigenvalue weighted by Crippen LogP contribution is -2.23. The Balaban J connectivity index is 1.82. The van der Waals surface area contributed by atoms with Crippen molar-refractivity contribution >= 4 is 11.6 Å². The number of aliphatic imine (C=N–C) groups is 1. The highest BCUT2D eigenvalue weighted by molar-refractivity contribution is 5.92. The Morgan fingerprint density at radius 1 is 1.05 bits per heavy atom. The maximum atomic E-state index is 5.89. The van der Waals surface area contributed by atoms with E-state index in [4.69, 9.17) is 10.5 Å². The smallest absolute Gasteiger partial charge is 0.193 e. The Morgan fingerprint density at radius 3 is 2.45 bits per heavy atom. The lowest BCUT2D eigenvalue weighted by molar-refractivity contribution is 0.328. The van der Waals surface area contributed by atoms with E-state index in [1.807, 2.05) is 43.3 Å². The van der Waals surface area contributed by atoms with E-state index in [9.17, 15) is 0 Å². The van der Waals surface area contributed by atoms with Crippen LogP contribution in [0.25, 0.3) is 0 Å². The summed E-state index contributed by atoms with van der Waals surface area (Å²) in [5.41, 5.74) is 10.4. The molecule has 0 aromatic heterocycles.